The molecule has 0 spiro atoms. The van der Waals surface area contributed by atoms with Gasteiger partial charge in [0.1, 0.15) is 0 Å². The highest BCUT2D eigenvalue weighted by molar-refractivity contribution is 5.33. The quantitative estimate of drug-likeness (QED) is 0.782. The zero-order chi connectivity index (χ0) is 11.7. The number of hydrogen-bond donors (Lipinski definition) is 0. The topological polar surface area (TPSA) is 22.1 Å². The molecule has 0 radical (unpaired) electrons. The van der Waals surface area contributed by atoms with Gasteiger partial charge in [0.15, 0.2) is 0 Å². The first-order valence-electron chi connectivity index (χ1n) is 5.53. The van der Waals surface area contributed by atoms with E-state index < -0.39 is 6.61 Å². The summed E-state index contributed by atoms with van der Waals surface area (Å²) in [6, 6.07) is 3.77. The van der Waals surface area contributed by atoms with E-state index in [1.165, 1.54) is 0 Å². The Balaban J connectivity index is 2.30. The average molecular weight is 227 g/mol. The van der Waals surface area contributed by atoms with Crippen LogP contribution in [0.5, 0.6) is 5.88 Å². The normalized spacial score (nSPS) is 15.9. The molecule has 0 unspecified atom stereocenters. The van der Waals surface area contributed by atoms with E-state index in [2.05, 4.69) is 9.72 Å². The molecule has 0 bridgehead atoms. The van der Waals surface area contributed by atoms with E-state index in [0.717, 1.165) is 24.1 Å². The summed E-state index contributed by atoms with van der Waals surface area (Å²) in [4.78, 5) is 4.19. The van der Waals surface area contributed by atoms with E-state index in [9.17, 15) is 8.78 Å². The molecular formula is C12H15F2NO. The van der Waals surface area contributed by atoms with Crippen molar-refractivity contribution in [1.29, 1.82) is 0 Å². The number of ether oxygens (including phenoxy) is 1. The Morgan fingerprint density at radius 1 is 1.31 bits per heavy atom. The third kappa shape index (κ3) is 2.49. The van der Waals surface area contributed by atoms with Crippen molar-refractivity contribution in [2.24, 2.45) is 0 Å². The maximum atomic E-state index is 12.3. The predicted octanol–water partition coefficient (Wildman–Crippen LogP) is 3.68. The van der Waals surface area contributed by atoms with Crippen LogP contribution in [0.2, 0.25) is 0 Å². The first-order valence-corrected chi connectivity index (χ1v) is 5.53. The van der Waals surface area contributed by atoms with Crippen molar-refractivity contribution < 1.29 is 13.5 Å². The summed E-state index contributed by atoms with van der Waals surface area (Å²) in [7, 11) is 0. The van der Waals surface area contributed by atoms with Crippen molar-refractivity contribution in [3.63, 3.8) is 0 Å². The van der Waals surface area contributed by atoms with Crippen LogP contribution < -0.4 is 4.74 Å². The van der Waals surface area contributed by atoms with Crippen molar-refractivity contribution in [2.75, 3.05) is 0 Å². The molecule has 1 fully saturated rings. The highest BCUT2D eigenvalue weighted by Gasteiger charge is 2.26. The summed E-state index contributed by atoms with van der Waals surface area (Å²) >= 11 is 0. The van der Waals surface area contributed by atoms with Gasteiger partial charge in [0, 0.05) is 17.2 Å². The van der Waals surface area contributed by atoms with Gasteiger partial charge in [-0.05, 0) is 24.8 Å². The molecule has 1 aliphatic carbocycles. The lowest BCUT2D eigenvalue weighted by molar-refractivity contribution is -0.0537. The molecule has 2 nitrogen and oxygen atoms in total. The third-order valence-corrected chi connectivity index (χ3v) is 2.73. The molecule has 1 aromatic heterocycles. The van der Waals surface area contributed by atoms with Crippen molar-refractivity contribution in [1.82, 2.24) is 4.98 Å². The van der Waals surface area contributed by atoms with Gasteiger partial charge in [0.25, 0.3) is 0 Å². The van der Waals surface area contributed by atoms with Crippen LogP contribution in [0.25, 0.3) is 0 Å². The molecular weight excluding hydrogens is 212 g/mol. The van der Waals surface area contributed by atoms with E-state index in [4.69, 9.17) is 0 Å². The Hall–Kier alpha value is -1.19. The first kappa shape index (κ1) is 11.3. The fourth-order valence-electron chi connectivity index (χ4n) is 1.69. The summed E-state index contributed by atoms with van der Waals surface area (Å²) in [6.07, 6.45) is 2.20. The lowest BCUT2D eigenvalue weighted by Gasteiger charge is -2.13. The highest BCUT2D eigenvalue weighted by atomic mass is 19.3. The van der Waals surface area contributed by atoms with Gasteiger partial charge in [-0.1, -0.05) is 19.9 Å². The van der Waals surface area contributed by atoms with Crippen LogP contribution in [0.1, 0.15) is 49.8 Å². The molecule has 1 aromatic rings. The molecule has 2 rings (SSSR count). The molecule has 88 valence electrons. The van der Waals surface area contributed by atoms with E-state index in [-0.39, 0.29) is 11.8 Å². The predicted molar refractivity (Wildman–Crippen MR) is 56.9 cm³/mol. The van der Waals surface area contributed by atoms with Crippen molar-refractivity contribution in [2.45, 2.75) is 45.1 Å². The molecule has 0 aromatic carbocycles. The lowest BCUT2D eigenvalue weighted by atomic mass is 10.0. The van der Waals surface area contributed by atoms with Gasteiger partial charge in [-0.15, -0.1) is 0 Å². The van der Waals surface area contributed by atoms with Gasteiger partial charge in [0.05, 0.1) is 0 Å². The van der Waals surface area contributed by atoms with Crippen LogP contribution in [-0.2, 0) is 0 Å². The third-order valence-electron chi connectivity index (χ3n) is 2.73. The minimum absolute atomic E-state index is 0.0920. The van der Waals surface area contributed by atoms with Crippen molar-refractivity contribution in [3.8, 4) is 5.88 Å². The number of nitrogens with zero attached hydrogens (tertiary/aromatic N) is 1. The Labute approximate surface area is 93.6 Å². The number of alkyl halides is 2. The minimum atomic E-state index is -2.81. The molecule has 0 saturated heterocycles. The maximum Gasteiger partial charge on any atom is 0.388 e. The van der Waals surface area contributed by atoms with E-state index in [1.54, 1.807) is 0 Å². The van der Waals surface area contributed by atoms with Crippen LogP contribution in [-0.4, -0.2) is 11.6 Å². The summed E-state index contributed by atoms with van der Waals surface area (Å²) in [6.45, 7) is 1.07. The van der Waals surface area contributed by atoms with Crippen LogP contribution >= 0.6 is 0 Å². The second kappa shape index (κ2) is 4.36. The second-order valence-electron chi connectivity index (χ2n) is 4.44. The molecule has 0 N–H and O–H groups in total. The number of halogens is 2. The van der Waals surface area contributed by atoms with E-state index in [1.807, 2.05) is 26.0 Å². The Bertz CT molecular complexity index is 375. The molecule has 0 aliphatic heterocycles. The van der Waals surface area contributed by atoms with Crippen LogP contribution in [0.3, 0.4) is 0 Å². The fraction of sp³-hybridized carbons (Fsp3) is 0.583. The molecule has 0 amide bonds. The van der Waals surface area contributed by atoms with Gasteiger partial charge in [-0.2, -0.15) is 8.78 Å². The van der Waals surface area contributed by atoms with Gasteiger partial charge < -0.3 is 4.74 Å². The van der Waals surface area contributed by atoms with Gasteiger partial charge in [0.2, 0.25) is 5.88 Å². The van der Waals surface area contributed by atoms with Gasteiger partial charge >= 0.3 is 6.61 Å². The second-order valence-corrected chi connectivity index (χ2v) is 4.44. The number of rotatable bonds is 4. The Kier molecular flexibility index (Phi) is 3.08. The summed E-state index contributed by atoms with van der Waals surface area (Å²) in [5.74, 6) is 0.671. The van der Waals surface area contributed by atoms with Crippen LogP contribution in [0, 0.1) is 0 Å². The van der Waals surface area contributed by atoms with Crippen molar-refractivity contribution >= 4 is 0 Å². The highest BCUT2D eigenvalue weighted by Crippen LogP contribution is 2.40. The van der Waals surface area contributed by atoms with Gasteiger partial charge in [-0.25, -0.2) is 4.98 Å². The molecule has 1 aliphatic rings. The molecule has 0 atom stereocenters. The zero-order valence-electron chi connectivity index (χ0n) is 9.41. The van der Waals surface area contributed by atoms with E-state index in [0.29, 0.717) is 5.92 Å². The summed E-state index contributed by atoms with van der Waals surface area (Å²) < 4.78 is 29.0. The number of hydrogen-bond acceptors (Lipinski definition) is 2. The lowest BCUT2D eigenvalue weighted by Crippen LogP contribution is -2.08. The van der Waals surface area contributed by atoms with Gasteiger partial charge in [-0.3, -0.25) is 0 Å². The monoisotopic (exact) mass is 227 g/mol. The average Bonchev–Trinajstić information content (AvgIpc) is 2.99. The largest absolute Gasteiger partial charge is 0.417 e. The zero-order valence-corrected chi connectivity index (χ0v) is 9.41. The fourth-order valence-corrected chi connectivity index (χ4v) is 1.69. The molecule has 1 saturated carbocycles. The summed E-state index contributed by atoms with van der Waals surface area (Å²) in [5.41, 5.74) is 1.62. The Morgan fingerprint density at radius 2 is 2.00 bits per heavy atom. The maximum absolute atomic E-state index is 12.3. The number of aromatic nitrogens is 1. The first-order chi connectivity index (χ1) is 7.58. The SMILES string of the molecule is CC(C)c1ccc(C2CC2)nc1OC(F)F. The van der Waals surface area contributed by atoms with Crippen molar-refractivity contribution in [3.05, 3.63) is 23.4 Å². The van der Waals surface area contributed by atoms with E-state index >= 15 is 0 Å². The smallest absolute Gasteiger partial charge is 0.388 e. The number of pyridine rings is 1. The summed E-state index contributed by atoms with van der Waals surface area (Å²) in [5, 5.41) is 0. The van der Waals surface area contributed by atoms with Crippen LogP contribution in [0.15, 0.2) is 12.1 Å². The molecule has 16 heavy (non-hydrogen) atoms. The van der Waals surface area contributed by atoms with Crippen LogP contribution in [0.4, 0.5) is 8.78 Å². The molecule has 4 heteroatoms. The Morgan fingerprint density at radius 3 is 2.50 bits per heavy atom. The minimum Gasteiger partial charge on any atom is -0.417 e. The molecule has 1 heterocycles. The standard InChI is InChI=1S/C12H15F2NO/c1-7(2)9-5-6-10(8-3-4-8)15-11(9)16-12(13)14/h5-8,12H,3-4H2,1-2H3.